The first-order valence-electron chi connectivity index (χ1n) is 6.32. The van der Waals surface area contributed by atoms with Gasteiger partial charge in [-0.25, -0.2) is 18.4 Å². The highest BCUT2D eigenvalue weighted by atomic mass is 35.5. The topological polar surface area (TPSA) is 95.7 Å². The number of hydrogen-bond donors (Lipinski definition) is 1. The smallest absolute Gasteiger partial charge is 0.342 e. The molecular weight excluding hydrogens is 318 g/mol. The first kappa shape index (κ1) is 17.7. The molecule has 8 heteroatoms. The normalized spacial score (nSPS) is 12.8. The van der Waals surface area contributed by atoms with Crippen LogP contribution in [0.4, 0.5) is 0 Å². The molecule has 0 spiro atoms. The lowest BCUT2D eigenvalue weighted by Crippen LogP contribution is -2.18. The van der Waals surface area contributed by atoms with Crippen LogP contribution in [0.1, 0.15) is 37.0 Å². The first-order valence-corrected chi connectivity index (χ1v) is 8.24. The number of rotatable bonds is 6. The van der Waals surface area contributed by atoms with Gasteiger partial charge in [0.25, 0.3) is 0 Å². The summed E-state index contributed by atoms with van der Waals surface area (Å²) >= 11 is 5.84. The standard InChI is InChI=1S/C13H18ClNO5S/c1-4-5-8(2)20-13(16)10-6-9(14)7-11(12(10)19-3)21(15,17)18/h6-8H,4-5H2,1-3H3,(H2,15,17,18). The van der Waals surface area contributed by atoms with Gasteiger partial charge in [0.2, 0.25) is 10.0 Å². The minimum atomic E-state index is -4.08. The molecule has 0 bridgehead atoms. The Kier molecular flexibility index (Phi) is 6.00. The van der Waals surface area contributed by atoms with Gasteiger partial charge in [0, 0.05) is 5.02 Å². The Hall–Kier alpha value is -1.31. The summed E-state index contributed by atoms with van der Waals surface area (Å²) in [6.45, 7) is 3.71. The van der Waals surface area contributed by atoms with Gasteiger partial charge in [0.15, 0.2) is 5.75 Å². The molecule has 0 aliphatic heterocycles. The van der Waals surface area contributed by atoms with Crippen LogP contribution in [0.15, 0.2) is 17.0 Å². The van der Waals surface area contributed by atoms with Gasteiger partial charge in [-0.15, -0.1) is 0 Å². The second-order valence-corrected chi connectivity index (χ2v) is 6.50. The number of hydrogen-bond acceptors (Lipinski definition) is 5. The Labute approximate surface area is 129 Å². The van der Waals surface area contributed by atoms with E-state index < -0.39 is 16.0 Å². The third-order valence-corrected chi connectivity index (χ3v) is 3.89. The Morgan fingerprint density at radius 1 is 1.43 bits per heavy atom. The van der Waals surface area contributed by atoms with E-state index in [1.165, 1.54) is 13.2 Å². The number of ether oxygens (including phenoxy) is 2. The van der Waals surface area contributed by atoms with Crippen LogP contribution in [0.3, 0.4) is 0 Å². The fourth-order valence-electron chi connectivity index (χ4n) is 1.85. The van der Waals surface area contributed by atoms with Gasteiger partial charge in [0.1, 0.15) is 10.5 Å². The SMILES string of the molecule is CCCC(C)OC(=O)c1cc(Cl)cc(S(N)(=O)=O)c1OC. The molecule has 0 radical (unpaired) electrons. The lowest BCUT2D eigenvalue weighted by molar-refractivity contribution is 0.0319. The number of benzene rings is 1. The van der Waals surface area contributed by atoms with E-state index in [1.54, 1.807) is 6.92 Å². The minimum absolute atomic E-state index is 0.0509. The summed E-state index contributed by atoms with van der Waals surface area (Å²) in [6.07, 6.45) is 1.24. The third-order valence-electron chi connectivity index (χ3n) is 2.75. The molecule has 0 saturated heterocycles. The summed E-state index contributed by atoms with van der Waals surface area (Å²) in [5.74, 6) is -0.879. The van der Waals surface area contributed by atoms with Crippen LogP contribution in [-0.2, 0) is 14.8 Å². The molecule has 2 N–H and O–H groups in total. The number of carbonyl (C=O) groups is 1. The quantitative estimate of drug-likeness (QED) is 0.805. The van der Waals surface area contributed by atoms with E-state index in [2.05, 4.69) is 0 Å². The molecular formula is C13H18ClNO5S. The van der Waals surface area contributed by atoms with E-state index in [9.17, 15) is 13.2 Å². The second kappa shape index (κ2) is 7.11. The number of methoxy groups -OCH3 is 1. The van der Waals surface area contributed by atoms with Crippen molar-refractivity contribution in [2.45, 2.75) is 37.7 Å². The highest BCUT2D eigenvalue weighted by Crippen LogP contribution is 2.31. The van der Waals surface area contributed by atoms with Crippen molar-refractivity contribution in [1.29, 1.82) is 0 Å². The maximum absolute atomic E-state index is 12.1. The van der Waals surface area contributed by atoms with E-state index in [4.69, 9.17) is 26.2 Å². The van der Waals surface area contributed by atoms with Gasteiger partial charge < -0.3 is 9.47 Å². The molecule has 0 aliphatic rings. The van der Waals surface area contributed by atoms with E-state index in [0.29, 0.717) is 6.42 Å². The molecule has 0 saturated carbocycles. The highest BCUT2D eigenvalue weighted by Gasteiger charge is 2.25. The molecule has 0 amide bonds. The number of carbonyl (C=O) groups excluding carboxylic acids is 1. The molecule has 21 heavy (non-hydrogen) atoms. The molecule has 0 aromatic heterocycles. The molecule has 1 rings (SSSR count). The largest absolute Gasteiger partial charge is 0.494 e. The summed E-state index contributed by atoms with van der Waals surface area (Å²) in [5.41, 5.74) is -0.0722. The van der Waals surface area contributed by atoms with Gasteiger partial charge >= 0.3 is 5.97 Å². The van der Waals surface area contributed by atoms with Crippen LogP contribution in [0.25, 0.3) is 0 Å². The Morgan fingerprint density at radius 3 is 2.52 bits per heavy atom. The molecule has 118 valence electrons. The Morgan fingerprint density at radius 2 is 2.05 bits per heavy atom. The van der Waals surface area contributed by atoms with Crippen LogP contribution >= 0.6 is 11.6 Å². The van der Waals surface area contributed by atoms with E-state index in [1.807, 2.05) is 6.92 Å². The van der Waals surface area contributed by atoms with Crippen LogP contribution in [0.5, 0.6) is 5.75 Å². The number of primary sulfonamides is 1. The zero-order chi connectivity index (χ0) is 16.2. The molecule has 0 heterocycles. The van der Waals surface area contributed by atoms with Crippen molar-refractivity contribution in [3.8, 4) is 5.75 Å². The van der Waals surface area contributed by atoms with Crippen molar-refractivity contribution in [2.24, 2.45) is 5.14 Å². The van der Waals surface area contributed by atoms with Gasteiger partial charge in [-0.05, 0) is 25.5 Å². The summed E-state index contributed by atoms with van der Waals surface area (Å²) in [5, 5.41) is 5.15. The zero-order valence-electron chi connectivity index (χ0n) is 12.1. The zero-order valence-corrected chi connectivity index (χ0v) is 13.6. The lowest BCUT2D eigenvalue weighted by atomic mass is 10.2. The van der Waals surface area contributed by atoms with Gasteiger partial charge in [-0.1, -0.05) is 24.9 Å². The maximum atomic E-state index is 12.1. The predicted molar refractivity (Wildman–Crippen MR) is 79.2 cm³/mol. The summed E-state index contributed by atoms with van der Waals surface area (Å²) in [6, 6.07) is 2.41. The average molecular weight is 336 g/mol. The van der Waals surface area contributed by atoms with Gasteiger partial charge in [0.05, 0.1) is 13.2 Å². The summed E-state index contributed by atoms with van der Waals surface area (Å²) < 4.78 is 33.3. The van der Waals surface area contributed by atoms with Crippen LogP contribution in [0.2, 0.25) is 5.02 Å². The number of halogens is 1. The molecule has 1 aromatic carbocycles. The fourth-order valence-corrected chi connectivity index (χ4v) is 2.88. The van der Waals surface area contributed by atoms with Crippen molar-refractivity contribution >= 4 is 27.6 Å². The molecule has 0 aliphatic carbocycles. The molecule has 1 unspecified atom stereocenters. The van der Waals surface area contributed by atoms with Crippen molar-refractivity contribution in [2.75, 3.05) is 7.11 Å². The van der Waals surface area contributed by atoms with Crippen LogP contribution in [-0.4, -0.2) is 27.6 Å². The second-order valence-electron chi connectivity index (χ2n) is 4.53. The molecule has 6 nitrogen and oxygen atoms in total. The molecule has 1 atom stereocenters. The fraction of sp³-hybridized carbons (Fsp3) is 0.462. The lowest BCUT2D eigenvalue weighted by Gasteiger charge is -2.15. The monoisotopic (exact) mass is 335 g/mol. The summed E-state index contributed by atoms with van der Waals surface area (Å²) in [4.78, 5) is 11.8. The maximum Gasteiger partial charge on any atom is 0.342 e. The highest BCUT2D eigenvalue weighted by molar-refractivity contribution is 7.89. The first-order chi connectivity index (χ1) is 9.70. The van der Waals surface area contributed by atoms with Crippen molar-refractivity contribution in [3.05, 3.63) is 22.7 Å². The average Bonchev–Trinajstić information content (AvgIpc) is 2.36. The van der Waals surface area contributed by atoms with Gasteiger partial charge in [-0.2, -0.15) is 0 Å². The Bertz CT molecular complexity index is 630. The van der Waals surface area contributed by atoms with E-state index in [0.717, 1.165) is 12.5 Å². The Balaban J connectivity index is 3.30. The molecule has 1 aromatic rings. The number of nitrogens with two attached hydrogens (primary N) is 1. The third kappa shape index (κ3) is 4.59. The van der Waals surface area contributed by atoms with E-state index in [-0.39, 0.29) is 27.3 Å². The van der Waals surface area contributed by atoms with Gasteiger partial charge in [-0.3, -0.25) is 0 Å². The van der Waals surface area contributed by atoms with Crippen LogP contribution < -0.4 is 9.88 Å². The number of sulfonamides is 1. The van der Waals surface area contributed by atoms with Crippen molar-refractivity contribution in [3.63, 3.8) is 0 Å². The minimum Gasteiger partial charge on any atom is -0.494 e. The van der Waals surface area contributed by atoms with Crippen molar-refractivity contribution < 1.29 is 22.7 Å². The summed E-state index contributed by atoms with van der Waals surface area (Å²) in [7, 11) is -2.84. The van der Waals surface area contributed by atoms with E-state index >= 15 is 0 Å². The molecule has 0 fully saturated rings. The van der Waals surface area contributed by atoms with Crippen LogP contribution in [0, 0.1) is 0 Å². The van der Waals surface area contributed by atoms with Crippen molar-refractivity contribution in [1.82, 2.24) is 0 Å². The predicted octanol–water partition coefficient (Wildman–Crippen LogP) is 2.34. The number of esters is 1.